The average molecular weight is 610 g/mol. The molecule has 0 aliphatic heterocycles. The summed E-state index contributed by atoms with van der Waals surface area (Å²) in [6.07, 6.45) is 22.4. The monoisotopic (exact) mass is 610 g/mol. The average Bonchev–Trinajstić information content (AvgIpc) is 3.34. The summed E-state index contributed by atoms with van der Waals surface area (Å²) in [5, 5.41) is 0. The first-order valence-corrected chi connectivity index (χ1v) is 22.7. The first kappa shape index (κ1) is 23.5. The van der Waals surface area contributed by atoms with Crippen LogP contribution in [0.2, 0.25) is 7.35 Å². The molecule has 0 nitrogen and oxygen atoms in total. The fraction of sp³-hybridized carbons (Fsp3) is 0.440. The van der Waals surface area contributed by atoms with Crippen LogP contribution in [0.5, 0.6) is 0 Å². The van der Waals surface area contributed by atoms with Crippen LogP contribution < -0.4 is 0 Å². The third-order valence-electron chi connectivity index (χ3n) is 6.97. The Kier molecular flexibility index (Phi) is 8.86. The molecule has 0 N–H and O–H groups in total. The van der Waals surface area contributed by atoms with Crippen LogP contribution in [-0.4, -0.2) is 6.22 Å². The van der Waals surface area contributed by atoms with Gasteiger partial charge in [-0.05, 0) is 0 Å². The largest absolute Gasteiger partial charge is 0.147 e. The molecule has 2 unspecified atom stereocenters. The third kappa shape index (κ3) is 5.02. The maximum atomic E-state index is 2.70. The molecule has 4 heteroatoms. The topological polar surface area (TPSA) is 0 Å². The number of benzene rings is 1. The standard InChI is InChI=1S/2C9H11.C7H8Si.2ClH.Hf/c2*1-2-5-9-7-3-6-8(9)4-1;8-6-7-4-2-1-3-5-7;;;/h2*3,6-7H,1-2,4-5H2;1-5,8H,6H2;2*1H;. The van der Waals surface area contributed by atoms with Gasteiger partial charge in [0.25, 0.3) is 0 Å². The van der Waals surface area contributed by atoms with E-state index in [1.807, 2.05) is 11.1 Å². The smallest absolute Gasteiger partial charge is 0.147 e. The van der Waals surface area contributed by atoms with Crippen molar-refractivity contribution >= 4 is 31.0 Å². The van der Waals surface area contributed by atoms with Crippen LogP contribution in [0.3, 0.4) is 0 Å². The molecule has 0 fully saturated rings. The van der Waals surface area contributed by atoms with Gasteiger partial charge in [-0.1, -0.05) is 0 Å². The van der Waals surface area contributed by atoms with Crippen LogP contribution in [-0.2, 0) is 26.1 Å². The molecule has 29 heavy (non-hydrogen) atoms. The Balaban J connectivity index is 0.00000120. The maximum Gasteiger partial charge on any atom is -0.147 e. The van der Waals surface area contributed by atoms with E-state index in [0.29, 0.717) is 6.22 Å². The Labute approximate surface area is 197 Å². The number of hydrogen-bond donors (Lipinski definition) is 0. The molecule has 5 rings (SSSR count). The molecular formula is C25H32Cl2HfSi. The minimum atomic E-state index is -1.83. The number of rotatable bonds is 4. The molecular weight excluding hydrogens is 578 g/mol. The van der Waals surface area contributed by atoms with Crippen LogP contribution in [0, 0.1) is 0 Å². The predicted octanol–water partition coefficient (Wildman–Crippen LogP) is 7.46. The van der Waals surface area contributed by atoms with Gasteiger partial charge in [-0.15, -0.1) is 24.8 Å². The molecule has 1 aromatic carbocycles. The molecule has 0 bridgehead atoms. The Hall–Kier alpha value is -0.153. The van der Waals surface area contributed by atoms with Gasteiger partial charge in [-0.3, -0.25) is 0 Å². The second kappa shape index (κ2) is 10.9. The molecule has 0 radical (unpaired) electrons. The first-order chi connectivity index (χ1) is 13.4. The fourth-order valence-corrected chi connectivity index (χ4v) is 31.4. The van der Waals surface area contributed by atoms with Gasteiger partial charge in [0.1, 0.15) is 0 Å². The summed E-state index contributed by atoms with van der Waals surface area (Å²) in [7, 11) is 0. The van der Waals surface area contributed by atoms with Gasteiger partial charge in [0.15, 0.2) is 0 Å². The van der Waals surface area contributed by atoms with Gasteiger partial charge in [0.2, 0.25) is 0 Å². The summed E-state index contributed by atoms with van der Waals surface area (Å²) in [5.41, 5.74) is 8.94. The quantitative estimate of drug-likeness (QED) is 0.311. The van der Waals surface area contributed by atoms with Crippen molar-refractivity contribution in [2.24, 2.45) is 0 Å². The van der Waals surface area contributed by atoms with Crippen molar-refractivity contribution in [1.82, 2.24) is 0 Å². The molecule has 0 saturated heterocycles. The maximum absolute atomic E-state index is 2.70. The van der Waals surface area contributed by atoms with Crippen molar-refractivity contribution in [3.05, 3.63) is 82.5 Å². The number of allylic oxidation sites excluding steroid dienone is 8. The zero-order chi connectivity index (χ0) is 18.1. The van der Waals surface area contributed by atoms with Crippen LogP contribution in [0.15, 0.2) is 76.9 Å². The molecule has 1 aromatic rings. The van der Waals surface area contributed by atoms with Gasteiger partial charge >= 0.3 is 174 Å². The molecule has 4 aliphatic carbocycles. The van der Waals surface area contributed by atoms with E-state index in [1.165, 1.54) is 57.4 Å². The molecule has 0 aromatic heterocycles. The SMILES string of the molecule is C1=C[CH]([Hf](=[SiH]Cc2ccccc2)[CH]2C=CC3=C2CCCC3)C2=C1CCCC2.Cl.Cl. The van der Waals surface area contributed by atoms with Crippen LogP contribution >= 0.6 is 24.8 Å². The molecule has 0 spiro atoms. The second-order valence-corrected chi connectivity index (χ2v) is 27.3. The van der Waals surface area contributed by atoms with Crippen molar-refractivity contribution in [2.75, 3.05) is 0 Å². The summed E-state index contributed by atoms with van der Waals surface area (Å²) >= 11 is -1.83. The molecule has 2 atom stereocenters. The van der Waals surface area contributed by atoms with Crippen molar-refractivity contribution in [2.45, 2.75) is 64.8 Å². The molecule has 154 valence electrons. The summed E-state index contributed by atoms with van der Waals surface area (Å²) in [5.74, 6) is 0. The molecule has 0 heterocycles. The predicted molar refractivity (Wildman–Crippen MR) is 129 cm³/mol. The summed E-state index contributed by atoms with van der Waals surface area (Å²) in [6, 6.07) is 12.7. The van der Waals surface area contributed by atoms with Crippen LogP contribution in [0.25, 0.3) is 0 Å². The van der Waals surface area contributed by atoms with E-state index >= 15 is 0 Å². The summed E-state index contributed by atoms with van der Waals surface area (Å²) < 4.78 is 1.87. The minimum absolute atomic E-state index is 0. The van der Waals surface area contributed by atoms with Gasteiger partial charge in [-0.2, -0.15) is 0 Å². The Morgan fingerprint density at radius 1 is 0.724 bits per heavy atom. The van der Waals surface area contributed by atoms with E-state index in [4.69, 9.17) is 0 Å². The van der Waals surface area contributed by atoms with Crippen molar-refractivity contribution < 1.29 is 20.1 Å². The van der Waals surface area contributed by atoms with Crippen molar-refractivity contribution in [3.63, 3.8) is 0 Å². The van der Waals surface area contributed by atoms with Crippen molar-refractivity contribution in [3.8, 4) is 0 Å². The van der Waals surface area contributed by atoms with E-state index in [1.54, 1.807) is 16.7 Å². The van der Waals surface area contributed by atoms with Gasteiger partial charge in [0.05, 0.1) is 0 Å². The van der Waals surface area contributed by atoms with E-state index < -0.39 is 20.1 Å². The van der Waals surface area contributed by atoms with E-state index in [-0.39, 0.29) is 24.8 Å². The second-order valence-electron chi connectivity index (χ2n) is 8.58. The third-order valence-corrected chi connectivity index (χ3v) is 30.3. The summed E-state index contributed by atoms with van der Waals surface area (Å²) in [6.45, 7) is 0. The van der Waals surface area contributed by atoms with Gasteiger partial charge in [-0.25, -0.2) is 0 Å². The number of hydrogen-bond acceptors (Lipinski definition) is 0. The minimum Gasteiger partial charge on any atom is -0.147 e. The van der Waals surface area contributed by atoms with E-state index in [9.17, 15) is 0 Å². The molecule has 0 amide bonds. The Bertz CT molecular complexity index is 829. The van der Waals surface area contributed by atoms with Gasteiger partial charge < -0.3 is 0 Å². The fourth-order valence-electron chi connectivity index (χ4n) is 5.57. The normalized spacial score (nSPS) is 24.6. The van der Waals surface area contributed by atoms with Crippen LogP contribution in [0.1, 0.15) is 56.9 Å². The summed E-state index contributed by atoms with van der Waals surface area (Å²) in [4.78, 5) is 0. The van der Waals surface area contributed by atoms with Crippen LogP contribution in [0.4, 0.5) is 0 Å². The molecule has 4 aliphatic rings. The van der Waals surface area contributed by atoms with E-state index in [2.05, 4.69) is 54.6 Å². The molecule has 0 saturated carbocycles. The van der Waals surface area contributed by atoms with Crippen molar-refractivity contribution in [1.29, 1.82) is 0 Å². The Morgan fingerprint density at radius 2 is 1.24 bits per heavy atom. The first-order valence-electron chi connectivity index (χ1n) is 10.9. The zero-order valence-corrected chi connectivity index (χ0v) is 23.5. The Morgan fingerprint density at radius 3 is 1.79 bits per heavy atom. The zero-order valence-electron chi connectivity index (χ0n) is 17.1. The van der Waals surface area contributed by atoms with Gasteiger partial charge in [0, 0.05) is 0 Å². The number of halogens is 2. The van der Waals surface area contributed by atoms with E-state index in [0.717, 1.165) is 7.35 Å².